The topological polar surface area (TPSA) is 86.0 Å². The molecule has 2 aromatic heterocycles. The van der Waals surface area contributed by atoms with E-state index in [0.717, 1.165) is 6.26 Å². The summed E-state index contributed by atoms with van der Waals surface area (Å²) in [5.41, 5.74) is 1.84. The molecule has 0 amide bonds. The van der Waals surface area contributed by atoms with Crippen LogP contribution < -0.4 is 9.45 Å². The lowest BCUT2D eigenvalue weighted by molar-refractivity contribution is -0.592. The number of sulfonamides is 1. The molecular formula is C21H14Cl3N3O3S. The fourth-order valence-electron chi connectivity index (χ4n) is 3.32. The van der Waals surface area contributed by atoms with E-state index in [2.05, 4.69) is 9.71 Å². The van der Waals surface area contributed by atoms with Gasteiger partial charge in [0.05, 0.1) is 21.9 Å². The second-order valence-corrected chi connectivity index (χ2v) is 9.73. The highest BCUT2D eigenvalue weighted by Crippen LogP contribution is 2.40. The summed E-state index contributed by atoms with van der Waals surface area (Å²) in [5.74, 6) is 0.0283. The number of nitrogens with zero attached hydrogens (tertiary/aromatic N) is 2. The molecule has 0 radical (unpaired) electrons. The Hall–Kier alpha value is -2.58. The molecule has 0 atom stereocenters. The fraction of sp³-hybridized carbons (Fsp3) is 0.0476. The Balaban J connectivity index is 2.16. The molecule has 0 aliphatic heterocycles. The van der Waals surface area contributed by atoms with E-state index < -0.39 is 10.0 Å². The molecule has 2 heterocycles. The molecule has 158 valence electrons. The minimum atomic E-state index is -3.64. The van der Waals surface area contributed by atoms with Gasteiger partial charge >= 0.3 is 0 Å². The fourth-order valence-corrected chi connectivity index (χ4v) is 4.62. The second-order valence-electron chi connectivity index (χ2n) is 6.76. The molecule has 4 aromatic rings. The zero-order valence-corrected chi connectivity index (χ0v) is 19.0. The minimum absolute atomic E-state index is 0.0283. The van der Waals surface area contributed by atoms with Crippen molar-refractivity contribution in [1.29, 1.82) is 0 Å². The first kappa shape index (κ1) is 21.6. The van der Waals surface area contributed by atoms with Gasteiger partial charge in [-0.3, -0.25) is 4.72 Å². The number of pyridine rings is 2. The zero-order chi connectivity index (χ0) is 22.3. The number of halogens is 3. The highest BCUT2D eigenvalue weighted by molar-refractivity contribution is 7.92. The van der Waals surface area contributed by atoms with Gasteiger partial charge in [-0.05, 0) is 29.8 Å². The van der Waals surface area contributed by atoms with Gasteiger partial charge in [0.2, 0.25) is 10.0 Å². The Labute approximate surface area is 193 Å². The first-order chi connectivity index (χ1) is 14.7. The van der Waals surface area contributed by atoms with Crippen LogP contribution in [0.3, 0.4) is 0 Å². The normalized spacial score (nSPS) is 11.6. The average molecular weight is 495 g/mol. The van der Waals surface area contributed by atoms with Crippen LogP contribution in [0.5, 0.6) is 0 Å². The standard InChI is InChI=1S/C21H14Cl3N3O3S/c1-31(29,30)26-18-11-14(12-5-2-3-6-15(12)22)13-9-10-27(28)21(20(13)25-18)19-16(23)7-4-8-17(19)24/h2-11H,1H3,(H,25,26). The zero-order valence-electron chi connectivity index (χ0n) is 15.9. The molecular weight excluding hydrogens is 481 g/mol. The highest BCUT2D eigenvalue weighted by Gasteiger charge is 2.24. The van der Waals surface area contributed by atoms with Crippen LogP contribution in [0.15, 0.2) is 60.8 Å². The maximum atomic E-state index is 12.8. The van der Waals surface area contributed by atoms with Gasteiger partial charge in [0, 0.05) is 22.0 Å². The van der Waals surface area contributed by atoms with E-state index in [0.29, 0.717) is 31.8 Å². The second kappa shape index (κ2) is 8.16. The molecule has 0 aliphatic rings. The molecule has 0 fully saturated rings. The van der Waals surface area contributed by atoms with E-state index in [1.165, 1.54) is 6.20 Å². The van der Waals surface area contributed by atoms with Crippen LogP contribution in [0.25, 0.3) is 33.3 Å². The van der Waals surface area contributed by atoms with Crippen LogP contribution in [0, 0.1) is 5.21 Å². The molecule has 31 heavy (non-hydrogen) atoms. The third-order valence-corrected chi connectivity index (χ3v) is 6.07. The molecule has 4 rings (SSSR count). The molecule has 2 aromatic carbocycles. The number of aromatic nitrogens is 2. The van der Waals surface area contributed by atoms with Crippen molar-refractivity contribution in [2.24, 2.45) is 0 Å². The Morgan fingerprint density at radius 2 is 1.58 bits per heavy atom. The van der Waals surface area contributed by atoms with Crippen molar-refractivity contribution in [2.75, 3.05) is 11.0 Å². The molecule has 0 bridgehead atoms. The van der Waals surface area contributed by atoms with Gasteiger partial charge < -0.3 is 5.21 Å². The Morgan fingerprint density at radius 1 is 0.935 bits per heavy atom. The van der Waals surface area contributed by atoms with Crippen molar-refractivity contribution < 1.29 is 13.1 Å². The van der Waals surface area contributed by atoms with Crippen LogP contribution in [0.2, 0.25) is 15.1 Å². The molecule has 1 N–H and O–H groups in total. The summed E-state index contributed by atoms with van der Waals surface area (Å²) in [4.78, 5) is 4.42. The number of fused-ring (bicyclic) bond motifs is 1. The van der Waals surface area contributed by atoms with E-state index in [-0.39, 0.29) is 27.1 Å². The number of anilines is 1. The summed E-state index contributed by atoms with van der Waals surface area (Å²) in [6.07, 6.45) is 2.33. The first-order valence-electron chi connectivity index (χ1n) is 8.89. The third kappa shape index (κ3) is 4.27. The smallest absolute Gasteiger partial charge is 0.253 e. The molecule has 0 saturated heterocycles. The molecule has 6 nitrogen and oxygen atoms in total. The SMILES string of the molecule is CS(=O)(=O)Nc1cc(-c2ccccc2Cl)c2cc[n+]([O-])c(-c3c(Cl)cccc3Cl)c2n1. The van der Waals surface area contributed by atoms with E-state index in [4.69, 9.17) is 34.8 Å². The first-order valence-corrected chi connectivity index (χ1v) is 11.9. The van der Waals surface area contributed by atoms with Crippen LogP contribution in [0.4, 0.5) is 5.82 Å². The lowest BCUT2D eigenvalue weighted by atomic mass is 9.99. The van der Waals surface area contributed by atoms with Gasteiger partial charge in [0.1, 0.15) is 11.3 Å². The van der Waals surface area contributed by atoms with E-state index in [1.807, 2.05) is 0 Å². The maximum Gasteiger partial charge on any atom is 0.253 e. The van der Waals surface area contributed by atoms with Gasteiger partial charge in [-0.15, -0.1) is 0 Å². The third-order valence-electron chi connectivity index (χ3n) is 4.53. The van der Waals surface area contributed by atoms with E-state index >= 15 is 0 Å². The van der Waals surface area contributed by atoms with Crippen molar-refractivity contribution in [3.8, 4) is 22.4 Å². The van der Waals surface area contributed by atoms with Gasteiger partial charge in [-0.1, -0.05) is 59.1 Å². The Morgan fingerprint density at radius 3 is 2.23 bits per heavy atom. The van der Waals surface area contributed by atoms with Crippen molar-refractivity contribution in [1.82, 2.24) is 4.98 Å². The summed E-state index contributed by atoms with van der Waals surface area (Å²) < 4.78 is 26.8. The van der Waals surface area contributed by atoms with Crippen LogP contribution >= 0.6 is 34.8 Å². The quantitative estimate of drug-likeness (QED) is 0.298. The predicted molar refractivity (Wildman–Crippen MR) is 125 cm³/mol. The lowest BCUT2D eigenvalue weighted by Crippen LogP contribution is -2.29. The van der Waals surface area contributed by atoms with Crippen LogP contribution in [-0.2, 0) is 10.0 Å². The van der Waals surface area contributed by atoms with E-state index in [9.17, 15) is 13.6 Å². The van der Waals surface area contributed by atoms with Crippen molar-refractivity contribution in [2.45, 2.75) is 0 Å². The molecule has 10 heteroatoms. The lowest BCUT2D eigenvalue weighted by Gasteiger charge is -2.15. The number of hydrogen-bond donors (Lipinski definition) is 1. The molecule has 0 saturated carbocycles. The maximum absolute atomic E-state index is 12.8. The molecule has 0 aliphatic carbocycles. The number of rotatable bonds is 4. The Bertz CT molecular complexity index is 1420. The highest BCUT2D eigenvalue weighted by atomic mass is 35.5. The number of nitrogens with one attached hydrogen (secondary N) is 1. The van der Waals surface area contributed by atoms with Crippen LogP contribution in [-0.4, -0.2) is 19.7 Å². The summed E-state index contributed by atoms with van der Waals surface area (Å²) in [6, 6.07) is 15.1. The molecule has 0 spiro atoms. The predicted octanol–water partition coefficient (Wildman–Crippen LogP) is 5.53. The van der Waals surface area contributed by atoms with Gasteiger partial charge in [-0.25, -0.2) is 13.4 Å². The van der Waals surface area contributed by atoms with Gasteiger partial charge in [0.15, 0.2) is 6.20 Å². The van der Waals surface area contributed by atoms with Gasteiger partial charge in [0.25, 0.3) is 5.69 Å². The summed E-state index contributed by atoms with van der Waals surface area (Å²) in [7, 11) is -3.64. The average Bonchev–Trinajstić information content (AvgIpc) is 2.68. The van der Waals surface area contributed by atoms with Gasteiger partial charge in [-0.2, -0.15) is 4.73 Å². The minimum Gasteiger partial charge on any atom is -0.618 e. The van der Waals surface area contributed by atoms with Crippen molar-refractivity contribution in [3.05, 3.63) is 81.1 Å². The largest absolute Gasteiger partial charge is 0.618 e. The Kier molecular flexibility index (Phi) is 5.70. The van der Waals surface area contributed by atoms with Crippen molar-refractivity contribution >= 4 is 61.5 Å². The summed E-state index contributed by atoms with van der Waals surface area (Å²) in [5, 5.41) is 14.4. The van der Waals surface area contributed by atoms with Crippen LogP contribution in [0.1, 0.15) is 0 Å². The molecule has 0 unspecified atom stereocenters. The summed E-state index contributed by atoms with van der Waals surface area (Å²) >= 11 is 19.2. The number of hydrogen-bond acceptors (Lipinski definition) is 4. The monoisotopic (exact) mass is 493 g/mol. The van der Waals surface area contributed by atoms with Crippen molar-refractivity contribution in [3.63, 3.8) is 0 Å². The van der Waals surface area contributed by atoms with E-state index in [1.54, 1.807) is 54.6 Å². The number of benzene rings is 2. The summed E-state index contributed by atoms with van der Waals surface area (Å²) in [6.45, 7) is 0.